The van der Waals surface area contributed by atoms with Gasteiger partial charge in [-0.25, -0.2) is 14.6 Å². The summed E-state index contributed by atoms with van der Waals surface area (Å²) in [6.07, 6.45) is 3.39. The Balaban J connectivity index is 1.55. The number of fused-ring (bicyclic) bond motifs is 2. The summed E-state index contributed by atoms with van der Waals surface area (Å²) in [4.78, 5) is 22.3. The van der Waals surface area contributed by atoms with E-state index in [-0.39, 0.29) is 11.9 Å². The number of aryl methyl sites for hydroxylation is 1. The summed E-state index contributed by atoms with van der Waals surface area (Å²) < 4.78 is 7.22. The molecule has 5 rings (SSSR count). The number of nitrogens with zero attached hydrogens (tertiary/aromatic N) is 5. The summed E-state index contributed by atoms with van der Waals surface area (Å²) in [7, 11) is 0. The fraction of sp³-hybridized carbons (Fsp3) is 0.174. The first-order valence-corrected chi connectivity index (χ1v) is 9.98. The number of rotatable bonds is 4. The minimum atomic E-state index is -0.284. The highest BCUT2D eigenvalue weighted by atomic mass is 16.5. The monoisotopic (exact) mass is 412 g/mol. The average molecular weight is 412 g/mol. The summed E-state index contributed by atoms with van der Waals surface area (Å²) in [5.41, 5.74) is 4.27. The van der Waals surface area contributed by atoms with Crippen molar-refractivity contribution < 1.29 is 9.32 Å². The first-order valence-electron chi connectivity index (χ1n) is 9.98. The van der Waals surface area contributed by atoms with Crippen LogP contribution in [-0.2, 0) is 0 Å². The number of anilines is 1. The zero-order valence-corrected chi connectivity index (χ0v) is 17.3. The van der Waals surface area contributed by atoms with E-state index in [4.69, 9.17) is 4.52 Å². The zero-order valence-electron chi connectivity index (χ0n) is 17.3. The van der Waals surface area contributed by atoms with Crippen molar-refractivity contribution in [2.24, 2.45) is 0 Å². The highest BCUT2D eigenvalue weighted by Gasteiger charge is 2.20. The Bertz CT molecular complexity index is 1420. The van der Waals surface area contributed by atoms with Gasteiger partial charge in [-0.15, -0.1) is 0 Å². The van der Waals surface area contributed by atoms with Crippen LogP contribution in [0.4, 0.5) is 5.69 Å². The van der Waals surface area contributed by atoms with Crippen LogP contribution in [0.2, 0.25) is 0 Å². The molecule has 0 saturated carbocycles. The molecule has 0 bridgehead atoms. The fourth-order valence-corrected chi connectivity index (χ4v) is 3.62. The van der Waals surface area contributed by atoms with Crippen molar-refractivity contribution in [1.82, 2.24) is 24.9 Å². The van der Waals surface area contributed by atoms with Crippen molar-refractivity contribution in [3.05, 3.63) is 66.1 Å². The molecule has 8 nitrogen and oxygen atoms in total. The van der Waals surface area contributed by atoms with Crippen molar-refractivity contribution >= 4 is 33.7 Å². The van der Waals surface area contributed by atoms with Gasteiger partial charge in [0, 0.05) is 17.0 Å². The molecule has 5 aromatic rings. The van der Waals surface area contributed by atoms with E-state index in [9.17, 15) is 4.79 Å². The first-order chi connectivity index (χ1) is 15.0. The van der Waals surface area contributed by atoms with Crippen LogP contribution in [0, 0.1) is 6.92 Å². The Morgan fingerprint density at radius 2 is 1.94 bits per heavy atom. The molecule has 1 amide bonds. The lowest BCUT2D eigenvalue weighted by molar-refractivity contribution is 0.102. The summed E-state index contributed by atoms with van der Waals surface area (Å²) in [6.45, 7) is 5.88. The van der Waals surface area contributed by atoms with E-state index in [0.717, 1.165) is 16.6 Å². The van der Waals surface area contributed by atoms with Gasteiger partial charge < -0.3 is 9.84 Å². The molecule has 4 aromatic heterocycles. The molecule has 154 valence electrons. The molecule has 31 heavy (non-hydrogen) atoms. The largest absolute Gasteiger partial charge is 0.335 e. The molecule has 1 aromatic carbocycles. The second-order valence-corrected chi connectivity index (χ2v) is 7.64. The maximum Gasteiger partial charge on any atom is 0.259 e. The van der Waals surface area contributed by atoms with Gasteiger partial charge in [0.05, 0.1) is 40.4 Å². The Morgan fingerprint density at radius 1 is 1.13 bits per heavy atom. The number of amides is 1. The normalized spacial score (nSPS) is 11.5. The lowest BCUT2D eigenvalue weighted by atomic mass is 10.1. The summed E-state index contributed by atoms with van der Waals surface area (Å²) in [5.74, 6) is -0.284. The third-order valence-electron chi connectivity index (χ3n) is 5.11. The smallest absolute Gasteiger partial charge is 0.259 e. The third kappa shape index (κ3) is 3.31. The summed E-state index contributed by atoms with van der Waals surface area (Å²) in [6, 6.07) is 13.5. The molecule has 4 heterocycles. The van der Waals surface area contributed by atoms with Crippen LogP contribution in [0.15, 0.2) is 59.4 Å². The van der Waals surface area contributed by atoms with Crippen molar-refractivity contribution in [3.8, 4) is 11.3 Å². The third-order valence-corrected chi connectivity index (χ3v) is 5.11. The molecule has 0 aliphatic carbocycles. The molecular formula is C23H20N6O2. The number of nitrogens with one attached hydrogen (secondary N) is 1. The number of hydrogen-bond acceptors (Lipinski definition) is 6. The quantitative estimate of drug-likeness (QED) is 0.456. The molecule has 0 aliphatic rings. The molecule has 0 fully saturated rings. The van der Waals surface area contributed by atoms with Crippen LogP contribution in [-0.4, -0.2) is 30.8 Å². The van der Waals surface area contributed by atoms with Crippen LogP contribution in [0.25, 0.3) is 33.4 Å². The molecule has 0 unspecified atom stereocenters. The zero-order chi connectivity index (χ0) is 21.5. The topological polar surface area (TPSA) is 98.7 Å². The Morgan fingerprint density at radius 3 is 2.71 bits per heavy atom. The van der Waals surface area contributed by atoms with Crippen LogP contribution < -0.4 is 5.32 Å². The molecule has 8 heteroatoms. The minimum absolute atomic E-state index is 0.198. The number of hydrogen-bond donors (Lipinski definition) is 1. The molecule has 0 radical (unpaired) electrons. The minimum Gasteiger partial charge on any atom is -0.335 e. The van der Waals surface area contributed by atoms with Crippen LogP contribution >= 0.6 is 0 Å². The van der Waals surface area contributed by atoms with E-state index in [1.807, 2.05) is 54.9 Å². The van der Waals surface area contributed by atoms with E-state index in [1.165, 1.54) is 0 Å². The molecular weight excluding hydrogens is 392 g/mol. The van der Waals surface area contributed by atoms with Gasteiger partial charge in [0.15, 0.2) is 5.65 Å². The highest BCUT2D eigenvalue weighted by Crippen LogP contribution is 2.28. The standard InChI is InChI=1S/C23H20N6O2/c1-13(2)29-21-16(11-25-29)9-17(12-24-21)26-22(30)18-10-19(15-7-5-4-6-8-15)27-23-20(18)14(3)28-31-23/h4-13H,1-3H3,(H,26,30). The summed E-state index contributed by atoms with van der Waals surface area (Å²) in [5, 5.41) is 12.8. The van der Waals surface area contributed by atoms with Gasteiger partial charge in [0.1, 0.15) is 0 Å². The Kier molecular flexibility index (Phi) is 4.47. The fourth-order valence-electron chi connectivity index (χ4n) is 3.62. The number of benzene rings is 1. The van der Waals surface area contributed by atoms with Gasteiger partial charge in [-0.2, -0.15) is 5.10 Å². The van der Waals surface area contributed by atoms with E-state index in [0.29, 0.717) is 33.7 Å². The average Bonchev–Trinajstić information content (AvgIpc) is 3.37. The Hall–Kier alpha value is -4.07. The number of carbonyl (C=O) groups is 1. The van der Waals surface area contributed by atoms with E-state index >= 15 is 0 Å². The first kappa shape index (κ1) is 18.9. The van der Waals surface area contributed by atoms with E-state index in [2.05, 4.69) is 25.5 Å². The van der Waals surface area contributed by atoms with Crippen molar-refractivity contribution in [2.45, 2.75) is 26.8 Å². The molecule has 0 atom stereocenters. The number of pyridine rings is 2. The second-order valence-electron chi connectivity index (χ2n) is 7.64. The molecule has 0 spiro atoms. The predicted octanol–water partition coefficient (Wildman–Crippen LogP) is 4.78. The van der Waals surface area contributed by atoms with Gasteiger partial charge >= 0.3 is 0 Å². The maximum atomic E-state index is 13.3. The second kappa shape index (κ2) is 7.32. The Labute approximate surface area is 177 Å². The molecule has 1 N–H and O–H groups in total. The van der Waals surface area contributed by atoms with Gasteiger partial charge in [0.25, 0.3) is 11.6 Å². The molecule has 0 aliphatic heterocycles. The predicted molar refractivity (Wildman–Crippen MR) is 118 cm³/mol. The van der Waals surface area contributed by atoms with Crippen LogP contribution in [0.5, 0.6) is 0 Å². The van der Waals surface area contributed by atoms with Gasteiger partial charge in [-0.05, 0) is 32.9 Å². The van der Waals surface area contributed by atoms with Gasteiger partial charge in [0.2, 0.25) is 0 Å². The lowest BCUT2D eigenvalue weighted by Crippen LogP contribution is -2.13. The molecule has 0 saturated heterocycles. The number of carbonyl (C=O) groups excluding carboxylic acids is 1. The maximum absolute atomic E-state index is 13.3. The van der Waals surface area contributed by atoms with E-state index in [1.54, 1.807) is 25.4 Å². The van der Waals surface area contributed by atoms with Crippen LogP contribution in [0.1, 0.15) is 35.9 Å². The highest BCUT2D eigenvalue weighted by molar-refractivity contribution is 6.13. The SMILES string of the molecule is Cc1noc2nc(-c3ccccc3)cc(C(=O)Nc3cnc4c(cnn4C(C)C)c3)c12. The van der Waals surface area contributed by atoms with Crippen LogP contribution in [0.3, 0.4) is 0 Å². The van der Waals surface area contributed by atoms with Crippen molar-refractivity contribution in [3.63, 3.8) is 0 Å². The van der Waals surface area contributed by atoms with Gasteiger partial charge in [-0.3, -0.25) is 4.79 Å². The van der Waals surface area contributed by atoms with Gasteiger partial charge in [-0.1, -0.05) is 35.5 Å². The van der Waals surface area contributed by atoms with Crippen molar-refractivity contribution in [2.75, 3.05) is 5.32 Å². The van der Waals surface area contributed by atoms with Crippen molar-refractivity contribution in [1.29, 1.82) is 0 Å². The number of aromatic nitrogens is 5. The lowest BCUT2D eigenvalue weighted by Gasteiger charge is -2.09. The summed E-state index contributed by atoms with van der Waals surface area (Å²) >= 11 is 0. The van der Waals surface area contributed by atoms with E-state index < -0.39 is 0 Å².